The number of ether oxygens (including phenoxy) is 1. The zero-order chi connectivity index (χ0) is 18.2. The molecule has 1 aliphatic carbocycles. The Kier molecular flexibility index (Phi) is 10.8. The molecule has 0 bridgehead atoms. The lowest BCUT2D eigenvalue weighted by atomic mass is 9.99. The highest BCUT2D eigenvalue weighted by Crippen LogP contribution is 2.30. The molecule has 0 spiro atoms. The number of guanidine groups is 1. The normalized spacial score (nSPS) is 21.2. The summed E-state index contributed by atoms with van der Waals surface area (Å²) in [6.07, 6.45) is 10.3. The van der Waals surface area contributed by atoms with E-state index >= 15 is 0 Å². The molecular formula is C18H36IN3O3S. The van der Waals surface area contributed by atoms with Gasteiger partial charge in [0.05, 0.1) is 11.3 Å². The molecule has 1 heterocycles. The number of nitrogens with zero attached hydrogens (tertiary/aromatic N) is 1. The average Bonchev–Trinajstić information content (AvgIpc) is 3.09. The van der Waals surface area contributed by atoms with E-state index in [2.05, 4.69) is 15.6 Å². The Balaban J connectivity index is 0.00000338. The fourth-order valence-electron chi connectivity index (χ4n) is 3.85. The highest BCUT2D eigenvalue weighted by atomic mass is 127. The van der Waals surface area contributed by atoms with E-state index in [1.165, 1.54) is 38.4 Å². The molecule has 26 heavy (non-hydrogen) atoms. The van der Waals surface area contributed by atoms with E-state index in [1.807, 2.05) is 6.92 Å². The van der Waals surface area contributed by atoms with Crippen LogP contribution in [0.5, 0.6) is 0 Å². The van der Waals surface area contributed by atoms with Crippen LogP contribution in [0, 0.1) is 5.92 Å². The van der Waals surface area contributed by atoms with E-state index in [4.69, 9.17) is 4.74 Å². The first-order valence-corrected chi connectivity index (χ1v) is 11.7. The Hall–Kier alpha value is -0.0900. The van der Waals surface area contributed by atoms with Crippen LogP contribution in [0.4, 0.5) is 0 Å². The standard InChI is InChI=1S/C18H35N3O3S.HI/c1-3-19-17(20-12-6-9-16-7-4-5-8-16)21-15-18(25(2,22)23)10-13-24-14-11-18;/h16H,3-15H2,1-2H3,(H2,19,20,21);1H. The van der Waals surface area contributed by atoms with Gasteiger partial charge >= 0.3 is 0 Å². The summed E-state index contributed by atoms with van der Waals surface area (Å²) in [6.45, 7) is 4.96. The summed E-state index contributed by atoms with van der Waals surface area (Å²) in [4.78, 5) is 4.60. The molecule has 0 atom stereocenters. The first-order valence-electron chi connectivity index (χ1n) is 9.76. The lowest BCUT2D eigenvalue weighted by Gasteiger charge is -2.34. The molecule has 0 amide bonds. The Morgan fingerprint density at radius 2 is 1.85 bits per heavy atom. The van der Waals surface area contributed by atoms with E-state index < -0.39 is 14.6 Å². The van der Waals surface area contributed by atoms with Crippen molar-refractivity contribution >= 4 is 39.8 Å². The van der Waals surface area contributed by atoms with Gasteiger partial charge in [0.15, 0.2) is 15.8 Å². The average molecular weight is 501 g/mol. The van der Waals surface area contributed by atoms with Crippen molar-refractivity contribution in [2.45, 2.75) is 63.0 Å². The van der Waals surface area contributed by atoms with Crippen LogP contribution in [-0.2, 0) is 14.6 Å². The summed E-state index contributed by atoms with van der Waals surface area (Å²) in [5, 5.41) is 6.60. The minimum atomic E-state index is -3.18. The SMILES string of the molecule is CCNC(=NCC1(S(C)(=O)=O)CCOCC1)NCCCC1CCCC1.I. The van der Waals surface area contributed by atoms with Gasteiger partial charge in [0.2, 0.25) is 0 Å². The summed E-state index contributed by atoms with van der Waals surface area (Å²) < 4.78 is 29.2. The molecule has 0 aromatic carbocycles. The zero-order valence-corrected chi connectivity index (χ0v) is 19.4. The van der Waals surface area contributed by atoms with Crippen molar-refractivity contribution in [3.8, 4) is 0 Å². The second-order valence-electron chi connectivity index (χ2n) is 7.48. The fourth-order valence-corrected chi connectivity index (χ4v) is 5.06. The molecule has 2 N–H and O–H groups in total. The monoisotopic (exact) mass is 501 g/mol. The van der Waals surface area contributed by atoms with Crippen molar-refractivity contribution in [1.29, 1.82) is 0 Å². The third kappa shape index (κ3) is 7.14. The summed E-state index contributed by atoms with van der Waals surface area (Å²) in [5.74, 6) is 1.63. The molecule has 2 rings (SSSR count). The Morgan fingerprint density at radius 3 is 2.42 bits per heavy atom. The summed E-state index contributed by atoms with van der Waals surface area (Å²) >= 11 is 0. The topological polar surface area (TPSA) is 79.8 Å². The molecule has 1 saturated carbocycles. The number of rotatable bonds is 8. The Morgan fingerprint density at radius 1 is 1.19 bits per heavy atom. The van der Waals surface area contributed by atoms with E-state index in [9.17, 15) is 8.42 Å². The number of hydrogen-bond donors (Lipinski definition) is 2. The van der Waals surface area contributed by atoms with Crippen molar-refractivity contribution < 1.29 is 13.2 Å². The van der Waals surface area contributed by atoms with E-state index in [1.54, 1.807) is 0 Å². The van der Waals surface area contributed by atoms with Crippen LogP contribution in [0.15, 0.2) is 4.99 Å². The van der Waals surface area contributed by atoms with Crippen molar-refractivity contribution in [3.05, 3.63) is 0 Å². The Labute approximate surface area is 176 Å². The van der Waals surface area contributed by atoms with Crippen LogP contribution in [-0.4, -0.2) is 58.2 Å². The maximum Gasteiger partial charge on any atom is 0.191 e. The highest BCUT2D eigenvalue weighted by molar-refractivity contribution is 14.0. The van der Waals surface area contributed by atoms with Crippen molar-refractivity contribution in [1.82, 2.24) is 10.6 Å². The largest absolute Gasteiger partial charge is 0.381 e. The molecule has 8 heteroatoms. The third-order valence-electron chi connectivity index (χ3n) is 5.62. The maximum absolute atomic E-state index is 12.3. The van der Waals surface area contributed by atoms with Crippen LogP contribution in [0.2, 0.25) is 0 Å². The van der Waals surface area contributed by atoms with Crippen LogP contribution in [0.1, 0.15) is 58.3 Å². The van der Waals surface area contributed by atoms with Crippen molar-refractivity contribution in [3.63, 3.8) is 0 Å². The molecule has 154 valence electrons. The lowest BCUT2D eigenvalue weighted by molar-refractivity contribution is 0.0768. The second-order valence-corrected chi connectivity index (χ2v) is 9.89. The van der Waals surface area contributed by atoms with Crippen LogP contribution < -0.4 is 10.6 Å². The number of halogens is 1. The number of nitrogens with one attached hydrogen (secondary N) is 2. The number of aliphatic imine (C=N–C) groups is 1. The van der Waals surface area contributed by atoms with Crippen molar-refractivity contribution in [2.24, 2.45) is 10.9 Å². The molecule has 1 aliphatic heterocycles. The maximum atomic E-state index is 12.3. The second kappa shape index (κ2) is 11.7. The van der Waals surface area contributed by atoms with Gasteiger partial charge in [0.1, 0.15) is 0 Å². The molecule has 0 radical (unpaired) electrons. The predicted octanol–water partition coefficient (Wildman–Crippen LogP) is 2.72. The Bertz CT molecular complexity index is 528. The summed E-state index contributed by atoms with van der Waals surface area (Å²) in [5.41, 5.74) is 0. The summed E-state index contributed by atoms with van der Waals surface area (Å²) in [7, 11) is -3.18. The first-order chi connectivity index (χ1) is 12.0. The number of hydrogen-bond acceptors (Lipinski definition) is 4. The quantitative estimate of drug-likeness (QED) is 0.232. The third-order valence-corrected chi connectivity index (χ3v) is 7.73. The summed E-state index contributed by atoms with van der Waals surface area (Å²) in [6, 6.07) is 0. The van der Waals surface area contributed by atoms with E-state index in [0.29, 0.717) is 32.6 Å². The van der Waals surface area contributed by atoms with Gasteiger partial charge in [-0.2, -0.15) is 0 Å². The highest BCUT2D eigenvalue weighted by Gasteiger charge is 2.42. The van der Waals surface area contributed by atoms with E-state index in [-0.39, 0.29) is 24.0 Å². The predicted molar refractivity (Wildman–Crippen MR) is 118 cm³/mol. The molecule has 0 aromatic heterocycles. The lowest BCUT2D eigenvalue weighted by Crippen LogP contribution is -2.47. The van der Waals surface area contributed by atoms with Gasteiger partial charge in [-0.25, -0.2) is 8.42 Å². The smallest absolute Gasteiger partial charge is 0.191 e. The van der Waals surface area contributed by atoms with Crippen LogP contribution >= 0.6 is 24.0 Å². The molecule has 6 nitrogen and oxygen atoms in total. The van der Waals surface area contributed by atoms with Gasteiger partial charge < -0.3 is 15.4 Å². The van der Waals surface area contributed by atoms with Gasteiger partial charge in [0, 0.05) is 32.6 Å². The minimum absolute atomic E-state index is 0. The van der Waals surface area contributed by atoms with E-state index in [0.717, 1.165) is 31.4 Å². The molecular weight excluding hydrogens is 465 g/mol. The van der Waals surface area contributed by atoms with Gasteiger partial charge in [-0.05, 0) is 38.5 Å². The van der Waals surface area contributed by atoms with Gasteiger partial charge in [-0.15, -0.1) is 24.0 Å². The fraction of sp³-hybridized carbons (Fsp3) is 0.944. The van der Waals surface area contributed by atoms with Gasteiger partial charge in [-0.3, -0.25) is 4.99 Å². The van der Waals surface area contributed by atoms with Gasteiger partial charge in [0.25, 0.3) is 0 Å². The molecule has 2 aliphatic rings. The zero-order valence-electron chi connectivity index (χ0n) is 16.3. The van der Waals surface area contributed by atoms with Gasteiger partial charge in [-0.1, -0.05) is 25.7 Å². The molecule has 1 saturated heterocycles. The van der Waals surface area contributed by atoms with Crippen molar-refractivity contribution in [2.75, 3.05) is 39.1 Å². The number of sulfone groups is 1. The molecule has 2 fully saturated rings. The molecule has 0 aromatic rings. The van der Waals surface area contributed by atoms with Crippen LogP contribution in [0.3, 0.4) is 0 Å². The first kappa shape index (κ1) is 23.9. The minimum Gasteiger partial charge on any atom is -0.381 e. The van der Waals surface area contributed by atoms with Crippen LogP contribution in [0.25, 0.3) is 0 Å². The molecule has 0 unspecified atom stereocenters.